The van der Waals surface area contributed by atoms with Gasteiger partial charge in [0.2, 0.25) is 5.91 Å². The first-order valence-corrected chi connectivity index (χ1v) is 7.05. The highest BCUT2D eigenvalue weighted by Gasteiger charge is 2.20. The Labute approximate surface area is 122 Å². The molecule has 1 N–H and O–H groups in total. The summed E-state index contributed by atoms with van der Waals surface area (Å²) in [5.41, 5.74) is 2.82. The fraction of sp³-hybridized carbons (Fsp3) is 0.500. The molecule has 0 atom stereocenters. The highest BCUT2D eigenvalue weighted by Crippen LogP contribution is 2.30. The van der Waals surface area contributed by atoms with Crippen molar-refractivity contribution < 1.29 is 14.2 Å². The maximum Gasteiger partial charge on any atom is 0.226 e. The Morgan fingerprint density at radius 1 is 1.24 bits per heavy atom. The van der Waals surface area contributed by atoms with Crippen LogP contribution < -0.4 is 10.2 Å². The van der Waals surface area contributed by atoms with E-state index in [-0.39, 0.29) is 11.8 Å². The van der Waals surface area contributed by atoms with Crippen molar-refractivity contribution in [1.29, 1.82) is 0 Å². The number of fused-ring (bicyclic) bond motifs is 1. The summed E-state index contributed by atoms with van der Waals surface area (Å²) in [6, 6.07) is 3.78. The summed E-state index contributed by atoms with van der Waals surface area (Å²) in [6.45, 7) is 6.68. The first kappa shape index (κ1) is 13.8. The van der Waals surface area contributed by atoms with Gasteiger partial charge in [-0.2, -0.15) is 0 Å². The number of nitrogens with one attached hydrogen (secondary N) is 1. The van der Waals surface area contributed by atoms with E-state index in [1.165, 1.54) is 0 Å². The number of hydrogen-bond acceptors (Lipinski definition) is 6. The number of anilines is 2. The summed E-state index contributed by atoms with van der Waals surface area (Å²) in [4.78, 5) is 14.0. The van der Waals surface area contributed by atoms with Crippen molar-refractivity contribution in [3.63, 3.8) is 0 Å². The molecular formula is C14H18N4O3. The molecule has 7 heteroatoms. The summed E-state index contributed by atoms with van der Waals surface area (Å²) < 4.78 is 10.2. The van der Waals surface area contributed by atoms with Crippen molar-refractivity contribution in [2.24, 2.45) is 5.92 Å². The lowest BCUT2D eigenvalue weighted by molar-refractivity contribution is -0.118. The quantitative estimate of drug-likeness (QED) is 0.926. The van der Waals surface area contributed by atoms with E-state index in [1.807, 2.05) is 26.0 Å². The maximum absolute atomic E-state index is 11.8. The summed E-state index contributed by atoms with van der Waals surface area (Å²) in [6.07, 6.45) is 0. The molecule has 0 radical (unpaired) electrons. The second kappa shape index (κ2) is 5.69. The molecule has 1 aliphatic rings. The molecule has 1 fully saturated rings. The summed E-state index contributed by atoms with van der Waals surface area (Å²) >= 11 is 0. The van der Waals surface area contributed by atoms with E-state index >= 15 is 0 Å². The van der Waals surface area contributed by atoms with Crippen molar-refractivity contribution in [2.75, 3.05) is 36.5 Å². The minimum Gasteiger partial charge on any atom is -0.378 e. The number of carbonyl (C=O) groups excluding carboxylic acids is 1. The number of benzene rings is 1. The molecule has 3 rings (SSSR count). The van der Waals surface area contributed by atoms with E-state index < -0.39 is 0 Å². The van der Waals surface area contributed by atoms with E-state index in [9.17, 15) is 4.79 Å². The van der Waals surface area contributed by atoms with Gasteiger partial charge >= 0.3 is 0 Å². The van der Waals surface area contributed by atoms with Gasteiger partial charge in [-0.15, -0.1) is 0 Å². The van der Waals surface area contributed by atoms with Crippen molar-refractivity contribution in [3.05, 3.63) is 12.1 Å². The van der Waals surface area contributed by atoms with Gasteiger partial charge in [-0.25, -0.2) is 4.63 Å². The number of morpholine rings is 1. The van der Waals surface area contributed by atoms with Crippen LogP contribution in [-0.2, 0) is 9.53 Å². The van der Waals surface area contributed by atoms with Crippen LogP contribution in [0.3, 0.4) is 0 Å². The monoisotopic (exact) mass is 290 g/mol. The second-order valence-corrected chi connectivity index (χ2v) is 5.34. The van der Waals surface area contributed by atoms with Gasteiger partial charge in [0.25, 0.3) is 0 Å². The van der Waals surface area contributed by atoms with Gasteiger partial charge in [-0.05, 0) is 22.4 Å². The average Bonchev–Trinajstić information content (AvgIpc) is 2.98. The average molecular weight is 290 g/mol. The third kappa shape index (κ3) is 2.69. The van der Waals surface area contributed by atoms with Gasteiger partial charge in [0.1, 0.15) is 0 Å². The Balaban J connectivity index is 1.95. The zero-order chi connectivity index (χ0) is 14.8. The molecule has 112 valence electrons. The Morgan fingerprint density at radius 2 is 1.95 bits per heavy atom. The van der Waals surface area contributed by atoms with E-state index in [0.29, 0.717) is 29.9 Å². The molecular weight excluding hydrogens is 272 g/mol. The highest BCUT2D eigenvalue weighted by atomic mass is 16.6. The van der Waals surface area contributed by atoms with Crippen LogP contribution in [0.1, 0.15) is 13.8 Å². The standard InChI is InChI=1S/C14H18N4O3/c1-9(2)14(19)15-10-3-4-11(13-12(10)16-21-17-13)18-5-7-20-8-6-18/h3-4,9H,5-8H2,1-2H3,(H,15,19). The van der Waals surface area contributed by atoms with Crippen LogP contribution in [0.4, 0.5) is 11.4 Å². The molecule has 2 aromatic rings. The zero-order valence-electron chi connectivity index (χ0n) is 12.1. The van der Waals surface area contributed by atoms with Crippen LogP contribution in [0.15, 0.2) is 16.8 Å². The molecule has 0 saturated carbocycles. The molecule has 1 aliphatic heterocycles. The maximum atomic E-state index is 11.8. The van der Waals surface area contributed by atoms with Crippen molar-refractivity contribution in [2.45, 2.75) is 13.8 Å². The van der Waals surface area contributed by atoms with E-state index in [2.05, 4.69) is 20.5 Å². The molecule has 1 amide bonds. The van der Waals surface area contributed by atoms with Gasteiger partial charge in [-0.1, -0.05) is 13.8 Å². The van der Waals surface area contributed by atoms with Crippen LogP contribution in [-0.4, -0.2) is 42.5 Å². The van der Waals surface area contributed by atoms with Gasteiger partial charge in [-0.3, -0.25) is 4.79 Å². The first-order chi connectivity index (χ1) is 10.2. The Hall–Kier alpha value is -2.15. The fourth-order valence-corrected chi connectivity index (χ4v) is 2.29. The molecule has 1 aromatic carbocycles. The van der Waals surface area contributed by atoms with Crippen LogP contribution in [0, 0.1) is 5.92 Å². The number of amides is 1. The molecule has 7 nitrogen and oxygen atoms in total. The number of carbonyl (C=O) groups is 1. The zero-order valence-corrected chi connectivity index (χ0v) is 12.1. The SMILES string of the molecule is CC(C)C(=O)Nc1ccc(N2CCOCC2)c2nonc12. The van der Waals surface area contributed by atoms with Crippen LogP contribution >= 0.6 is 0 Å². The highest BCUT2D eigenvalue weighted by molar-refractivity contribution is 6.03. The Bertz CT molecular complexity index is 647. The minimum absolute atomic E-state index is 0.0570. The molecule has 0 unspecified atom stereocenters. The minimum atomic E-state index is -0.0983. The smallest absolute Gasteiger partial charge is 0.226 e. The lowest BCUT2D eigenvalue weighted by atomic mass is 10.1. The molecule has 2 heterocycles. The number of ether oxygens (including phenoxy) is 1. The number of aromatic nitrogens is 2. The largest absolute Gasteiger partial charge is 0.378 e. The summed E-state index contributed by atoms with van der Waals surface area (Å²) in [5, 5.41) is 10.8. The van der Waals surface area contributed by atoms with Crippen molar-refractivity contribution in [3.8, 4) is 0 Å². The van der Waals surface area contributed by atoms with Crippen LogP contribution in [0.25, 0.3) is 11.0 Å². The fourth-order valence-electron chi connectivity index (χ4n) is 2.29. The first-order valence-electron chi connectivity index (χ1n) is 7.05. The van der Waals surface area contributed by atoms with Gasteiger partial charge < -0.3 is 15.0 Å². The number of hydrogen-bond donors (Lipinski definition) is 1. The van der Waals surface area contributed by atoms with Gasteiger partial charge in [0, 0.05) is 19.0 Å². The lowest BCUT2D eigenvalue weighted by Crippen LogP contribution is -2.36. The third-order valence-electron chi connectivity index (χ3n) is 3.53. The van der Waals surface area contributed by atoms with E-state index in [0.717, 1.165) is 18.8 Å². The Morgan fingerprint density at radius 3 is 2.67 bits per heavy atom. The van der Waals surface area contributed by atoms with Crippen LogP contribution in [0.5, 0.6) is 0 Å². The summed E-state index contributed by atoms with van der Waals surface area (Å²) in [5.74, 6) is -0.155. The summed E-state index contributed by atoms with van der Waals surface area (Å²) in [7, 11) is 0. The Kier molecular flexibility index (Phi) is 3.74. The van der Waals surface area contributed by atoms with E-state index in [1.54, 1.807) is 0 Å². The molecule has 1 aromatic heterocycles. The number of rotatable bonds is 3. The predicted octanol–water partition coefficient (Wildman–Crippen LogP) is 1.65. The second-order valence-electron chi connectivity index (χ2n) is 5.34. The van der Waals surface area contributed by atoms with E-state index in [4.69, 9.17) is 9.37 Å². The molecule has 0 bridgehead atoms. The molecule has 0 aliphatic carbocycles. The lowest BCUT2D eigenvalue weighted by Gasteiger charge is -2.28. The van der Waals surface area contributed by atoms with Crippen molar-refractivity contribution >= 4 is 28.3 Å². The number of nitrogens with zero attached hydrogens (tertiary/aromatic N) is 3. The predicted molar refractivity (Wildman–Crippen MR) is 78.3 cm³/mol. The van der Waals surface area contributed by atoms with Gasteiger partial charge in [0.05, 0.1) is 24.6 Å². The third-order valence-corrected chi connectivity index (χ3v) is 3.53. The topological polar surface area (TPSA) is 80.5 Å². The molecule has 21 heavy (non-hydrogen) atoms. The molecule has 0 spiro atoms. The van der Waals surface area contributed by atoms with Crippen molar-refractivity contribution in [1.82, 2.24) is 10.3 Å². The van der Waals surface area contributed by atoms with Crippen LogP contribution in [0.2, 0.25) is 0 Å². The molecule has 1 saturated heterocycles. The van der Waals surface area contributed by atoms with Gasteiger partial charge in [0.15, 0.2) is 11.0 Å². The normalized spacial score (nSPS) is 15.7.